The molecule has 1 saturated carbocycles. The molecule has 0 heterocycles. The molecule has 0 saturated heterocycles. The molecule has 2 aromatic carbocycles. The van der Waals surface area contributed by atoms with Gasteiger partial charge in [-0.15, -0.1) is 0 Å². The maximum Gasteiger partial charge on any atom is 0.408 e. The molecule has 1 aliphatic carbocycles. The van der Waals surface area contributed by atoms with Gasteiger partial charge in [-0.3, -0.25) is 9.59 Å². The number of alkyl carbamates (subject to hydrolysis) is 1. The van der Waals surface area contributed by atoms with Crippen molar-refractivity contribution in [2.45, 2.75) is 77.6 Å². The average Bonchev–Trinajstić information content (AvgIpc) is 2.78. The topological polar surface area (TPSA) is 108 Å². The highest BCUT2D eigenvalue weighted by atomic mass is 35.5. The number of nitrogens with zero attached hydrogens (tertiary/aromatic N) is 1. The summed E-state index contributed by atoms with van der Waals surface area (Å²) in [5.74, 6) is -0.996. The van der Waals surface area contributed by atoms with Crippen LogP contribution in [0.1, 0.15) is 62.8 Å². The minimum Gasteiger partial charge on any atom is -0.444 e. The summed E-state index contributed by atoms with van der Waals surface area (Å²) in [6.07, 6.45) is 1.49. The Labute approximate surface area is 223 Å². The van der Waals surface area contributed by atoms with Crippen LogP contribution in [0.5, 0.6) is 0 Å². The van der Waals surface area contributed by atoms with Gasteiger partial charge in [-0.2, -0.15) is 0 Å². The Kier molecular flexibility index (Phi) is 9.21. The molecule has 1 aliphatic rings. The Bertz CT molecular complexity index is 1110. The highest BCUT2D eigenvalue weighted by molar-refractivity contribution is 6.34. The lowest BCUT2D eigenvalue weighted by Crippen LogP contribution is -2.58. The molecule has 1 fully saturated rings. The second-order valence-electron chi connectivity index (χ2n) is 10.4. The fourth-order valence-corrected chi connectivity index (χ4v) is 4.44. The lowest BCUT2D eigenvalue weighted by atomic mass is 9.88. The van der Waals surface area contributed by atoms with Crippen molar-refractivity contribution in [2.75, 3.05) is 11.9 Å². The molecule has 2 atom stereocenters. The van der Waals surface area contributed by atoms with Crippen LogP contribution in [0, 0.1) is 13.8 Å². The molecule has 0 aromatic heterocycles. The number of halogens is 1. The summed E-state index contributed by atoms with van der Waals surface area (Å²) in [5.41, 5.74) is 2.09. The number of carbonyl (C=O) groups excluding carboxylic acids is 3. The van der Waals surface area contributed by atoms with E-state index in [1.54, 1.807) is 32.9 Å². The van der Waals surface area contributed by atoms with Crippen LogP contribution in [-0.4, -0.2) is 52.2 Å². The molecule has 2 aromatic rings. The standard InChI is InChI=1S/C28H36ClN3O5/c1-17-12-14-19(15-13-17)24(25(34)31-23-18(2)8-6-11-21(23)29)32(20-9-7-10-20)26(35)22(16-33)30-27(36)37-28(3,4)5/h6,8,11-15,20,22,24,33H,7,9-10,16H2,1-5H3,(H,30,36)(H,31,34). The molecule has 9 heteroatoms. The van der Waals surface area contributed by atoms with Crippen LogP contribution in [0.15, 0.2) is 42.5 Å². The van der Waals surface area contributed by atoms with Crippen LogP contribution in [0.4, 0.5) is 10.5 Å². The number of aryl methyl sites for hydroxylation is 2. The first-order valence-corrected chi connectivity index (χ1v) is 12.8. The van der Waals surface area contributed by atoms with E-state index in [0.29, 0.717) is 29.1 Å². The van der Waals surface area contributed by atoms with E-state index < -0.39 is 42.2 Å². The summed E-state index contributed by atoms with van der Waals surface area (Å²) >= 11 is 6.38. The van der Waals surface area contributed by atoms with Gasteiger partial charge in [0, 0.05) is 6.04 Å². The van der Waals surface area contributed by atoms with Crippen molar-refractivity contribution in [3.05, 3.63) is 64.2 Å². The smallest absolute Gasteiger partial charge is 0.408 e. The van der Waals surface area contributed by atoms with Crippen LogP contribution >= 0.6 is 11.6 Å². The van der Waals surface area contributed by atoms with Gasteiger partial charge in [-0.25, -0.2) is 4.79 Å². The first kappa shape index (κ1) is 28.5. The van der Waals surface area contributed by atoms with Gasteiger partial charge in [0.15, 0.2) is 0 Å². The highest BCUT2D eigenvalue weighted by Crippen LogP contribution is 2.35. The van der Waals surface area contributed by atoms with Crippen LogP contribution in [-0.2, 0) is 14.3 Å². The van der Waals surface area contributed by atoms with Crippen molar-refractivity contribution in [2.24, 2.45) is 0 Å². The minimum absolute atomic E-state index is 0.230. The van der Waals surface area contributed by atoms with Gasteiger partial charge in [-0.1, -0.05) is 53.6 Å². The summed E-state index contributed by atoms with van der Waals surface area (Å²) in [6, 6.07) is 10.2. The number of amides is 3. The minimum atomic E-state index is -1.28. The summed E-state index contributed by atoms with van der Waals surface area (Å²) in [7, 11) is 0. The van der Waals surface area contributed by atoms with Crippen molar-refractivity contribution in [3.8, 4) is 0 Å². The fourth-order valence-electron chi connectivity index (χ4n) is 4.17. The van der Waals surface area contributed by atoms with E-state index in [9.17, 15) is 19.5 Å². The Morgan fingerprint density at radius 2 is 1.76 bits per heavy atom. The number of para-hydroxylation sites is 1. The number of aliphatic hydroxyl groups is 1. The van der Waals surface area contributed by atoms with Crippen molar-refractivity contribution >= 4 is 35.2 Å². The first-order valence-electron chi connectivity index (χ1n) is 12.5. The SMILES string of the molecule is Cc1ccc(C(C(=O)Nc2c(C)cccc2Cl)N(C(=O)C(CO)NC(=O)OC(C)(C)C)C2CCC2)cc1. The van der Waals surface area contributed by atoms with Crippen LogP contribution in [0.3, 0.4) is 0 Å². The molecule has 0 bridgehead atoms. The molecule has 3 amide bonds. The zero-order valence-corrected chi connectivity index (χ0v) is 22.8. The van der Waals surface area contributed by atoms with Gasteiger partial charge in [-0.05, 0) is 71.1 Å². The number of hydrogen-bond acceptors (Lipinski definition) is 5. The number of aliphatic hydroxyl groups excluding tert-OH is 1. The third kappa shape index (κ3) is 7.23. The molecule has 37 heavy (non-hydrogen) atoms. The molecule has 0 aliphatic heterocycles. The predicted molar refractivity (Wildman–Crippen MR) is 143 cm³/mol. The van der Waals surface area contributed by atoms with Gasteiger partial charge in [0.05, 0.1) is 17.3 Å². The van der Waals surface area contributed by atoms with Crippen molar-refractivity contribution in [1.82, 2.24) is 10.2 Å². The zero-order chi connectivity index (χ0) is 27.3. The first-order chi connectivity index (χ1) is 17.4. The van der Waals surface area contributed by atoms with Gasteiger partial charge in [0.1, 0.15) is 17.7 Å². The van der Waals surface area contributed by atoms with Crippen molar-refractivity contribution < 1.29 is 24.2 Å². The number of benzene rings is 2. The van der Waals surface area contributed by atoms with E-state index in [1.807, 2.05) is 44.2 Å². The fraction of sp³-hybridized carbons (Fsp3) is 0.464. The largest absolute Gasteiger partial charge is 0.444 e. The Morgan fingerprint density at radius 3 is 2.27 bits per heavy atom. The molecule has 3 rings (SSSR count). The van der Waals surface area contributed by atoms with Gasteiger partial charge in [0.2, 0.25) is 5.91 Å². The molecule has 3 N–H and O–H groups in total. The number of ether oxygens (including phenoxy) is 1. The summed E-state index contributed by atoms with van der Waals surface area (Å²) < 4.78 is 5.29. The van der Waals surface area contributed by atoms with E-state index >= 15 is 0 Å². The van der Waals surface area contributed by atoms with Crippen LogP contribution in [0.2, 0.25) is 5.02 Å². The monoisotopic (exact) mass is 529 g/mol. The molecular formula is C28H36ClN3O5. The maximum absolute atomic E-state index is 13.9. The number of nitrogens with one attached hydrogen (secondary N) is 2. The lowest BCUT2D eigenvalue weighted by Gasteiger charge is -2.43. The van der Waals surface area contributed by atoms with E-state index in [-0.39, 0.29) is 6.04 Å². The number of hydrogen-bond donors (Lipinski definition) is 3. The number of carbonyl (C=O) groups is 3. The number of rotatable bonds is 8. The van der Waals surface area contributed by atoms with E-state index in [2.05, 4.69) is 10.6 Å². The number of anilines is 1. The van der Waals surface area contributed by atoms with Gasteiger partial charge in [0.25, 0.3) is 5.91 Å². The van der Waals surface area contributed by atoms with Crippen LogP contribution in [0.25, 0.3) is 0 Å². The molecule has 2 unspecified atom stereocenters. The van der Waals surface area contributed by atoms with Crippen molar-refractivity contribution in [1.29, 1.82) is 0 Å². The summed E-state index contributed by atoms with van der Waals surface area (Å²) in [6.45, 7) is 8.25. The predicted octanol–water partition coefficient (Wildman–Crippen LogP) is 4.90. The Morgan fingerprint density at radius 1 is 1.11 bits per heavy atom. The van der Waals surface area contributed by atoms with E-state index in [0.717, 1.165) is 17.5 Å². The quantitative estimate of drug-likeness (QED) is 0.450. The summed E-state index contributed by atoms with van der Waals surface area (Å²) in [4.78, 5) is 41.7. The Balaban J connectivity index is 2.00. The summed E-state index contributed by atoms with van der Waals surface area (Å²) in [5, 5.41) is 15.8. The molecule has 8 nitrogen and oxygen atoms in total. The Hall–Kier alpha value is -3.10. The van der Waals surface area contributed by atoms with Crippen LogP contribution < -0.4 is 10.6 Å². The molecular weight excluding hydrogens is 494 g/mol. The lowest BCUT2D eigenvalue weighted by molar-refractivity contribution is -0.146. The van der Waals surface area contributed by atoms with E-state index in [1.165, 1.54) is 4.90 Å². The van der Waals surface area contributed by atoms with E-state index in [4.69, 9.17) is 16.3 Å². The van der Waals surface area contributed by atoms with Gasteiger partial charge >= 0.3 is 6.09 Å². The maximum atomic E-state index is 13.9. The molecule has 0 spiro atoms. The third-order valence-corrected chi connectivity index (χ3v) is 6.60. The second kappa shape index (κ2) is 12.0. The van der Waals surface area contributed by atoms with Gasteiger partial charge < -0.3 is 25.4 Å². The third-order valence-electron chi connectivity index (χ3n) is 6.28. The highest BCUT2D eigenvalue weighted by Gasteiger charge is 2.42. The molecule has 200 valence electrons. The normalized spacial score (nSPS) is 15.2. The zero-order valence-electron chi connectivity index (χ0n) is 22.0. The molecule has 0 radical (unpaired) electrons. The van der Waals surface area contributed by atoms with Crippen molar-refractivity contribution in [3.63, 3.8) is 0 Å². The second-order valence-corrected chi connectivity index (χ2v) is 10.9. The average molecular weight is 530 g/mol.